The van der Waals surface area contributed by atoms with E-state index in [1.54, 1.807) is 0 Å². The third-order valence-corrected chi connectivity index (χ3v) is 6.28. The molecule has 2 unspecified atom stereocenters. The molecule has 0 amide bonds. The predicted molar refractivity (Wildman–Crippen MR) is 123 cm³/mol. The van der Waals surface area contributed by atoms with Crippen molar-refractivity contribution in [3.63, 3.8) is 0 Å². The normalized spacial score (nSPS) is 24.6. The molecule has 0 bridgehead atoms. The highest BCUT2D eigenvalue weighted by molar-refractivity contribution is 14.0. The van der Waals surface area contributed by atoms with Crippen molar-refractivity contribution >= 4 is 29.9 Å². The van der Waals surface area contributed by atoms with Gasteiger partial charge in [-0.15, -0.1) is 24.0 Å². The molecular formula is C20H34F3IN6. The van der Waals surface area contributed by atoms with Crippen LogP contribution in [0.25, 0.3) is 0 Å². The van der Waals surface area contributed by atoms with Gasteiger partial charge in [-0.3, -0.25) is 9.89 Å². The van der Waals surface area contributed by atoms with Gasteiger partial charge in [0, 0.05) is 39.1 Å². The first-order valence-electron chi connectivity index (χ1n) is 10.6. The molecule has 2 aliphatic heterocycles. The minimum Gasteiger partial charge on any atom is -0.356 e. The Morgan fingerprint density at radius 2 is 1.93 bits per heavy atom. The maximum atomic E-state index is 12.5. The molecule has 6 nitrogen and oxygen atoms in total. The van der Waals surface area contributed by atoms with Gasteiger partial charge in [-0.05, 0) is 50.6 Å². The summed E-state index contributed by atoms with van der Waals surface area (Å²) in [5.74, 6) is 1.97. The average Bonchev–Trinajstić information content (AvgIpc) is 3.21. The summed E-state index contributed by atoms with van der Waals surface area (Å²) in [6.07, 6.45) is 5.36. The maximum absolute atomic E-state index is 12.5. The van der Waals surface area contributed by atoms with Gasteiger partial charge >= 0.3 is 6.18 Å². The molecule has 2 fully saturated rings. The number of imidazole rings is 1. The molecule has 0 radical (unpaired) electrons. The predicted octanol–water partition coefficient (Wildman–Crippen LogP) is 3.62. The van der Waals surface area contributed by atoms with E-state index in [0.717, 1.165) is 51.3 Å². The molecule has 0 saturated carbocycles. The number of hydrogen-bond donors (Lipinski definition) is 1. The van der Waals surface area contributed by atoms with Crippen LogP contribution in [0.5, 0.6) is 0 Å². The number of nitrogens with zero attached hydrogens (tertiary/aromatic N) is 5. The number of alkyl halides is 3. The summed E-state index contributed by atoms with van der Waals surface area (Å²) in [5.41, 5.74) is 0. The van der Waals surface area contributed by atoms with E-state index >= 15 is 0 Å². The molecule has 1 aromatic rings. The summed E-state index contributed by atoms with van der Waals surface area (Å²) in [7, 11) is 1.81. The zero-order valence-electron chi connectivity index (χ0n) is 17.8. The molecule has 0 aromatic carbocycles. The summed E-state index contributed by atoms with van der Waals surface area (Å²) in [6, 6.07) is 0.378. The number of likely N-dealkylation sites (tertiary alicyclic amines) is 2. The van der Waals surface area contributed by atoms with Crippen LogP contribution in [0.3, 0.4) is 0 Å². The SMILES string of the molecule is CN=C(NCCC1CCN(CC(F)(F)F)CC1)N1CCC(C)C(n2ccnc2)C1.I. The fraction of sp³-hybridized carbons (Fsp3) is 0.800. The Morgan fingerprint density at radius 3 is 2.53 bits per heavy atom. The first-order chi connectivity index (χ1) is 13.9. The monoisotopic (exact) mass is 542 g/mol. The van der Waals surface area contributed by atoms with Crippen molar-refractivity contribution < 1.29 is 13.2 Å². The zero-order valence-corrected chi connectivity index (χ0v) is 20.1. The Hall–Kier alpha value is -1.04. The third-order valence-electron chi connectivity index (χ3n) is 6.28. The Morgan fingerprint density at radius 1 is 1.20 bits per heavy atom. The molecule has 3 rings (SSSR count). The van der Waals surface area contributed by atoms with Crippen molar-refractivity contribution in [2.45, 2.75) is 44.8 Å². The van der Waals surface area contributed by atoms with E-state index in [1.807, 2.05) is 25.8 Å². The smallest absolute Gasteiger partial charge is 0.356 e. The summed E-state index contributed by atoms with van der Waals surface area (Å²) in [6.45, 7) is 5.25. The lowest BCUT2D eigenvalue weighted by Gasteiger charge is -2.39. The Kier molecular flexibility index (Phi) is 9.70. The lowest BCUT2D eigenvalue weighted by atomic mass is 9.93. The van der Waals surface area contributed by atoms with Crippen molar-refractivity contribution in [2.24, 2.45) is 16.8 Å². The standard InChI is InChI=1S/C20H33F3N6.HI/c1-16-4-11-28(13-18(16)29-12-8-25-15-29)19(24-2)26-7-3-17-5-9-27(10-6-17)14-20(21,22)23;/h8,12,15-18H,3-7,9-11,13-14H2,1-2H3,(H,24,26);1H. The number of guanidine groups is 1. The third kappa shape index (κ3) is 7.28. The van der Waals surface area contributed by atoms with Crippen LogP contribution in [0, 0.1) is 11.8 Å². The Labute approximate surface area is 194 Å². The van der Waals surface area contributed by atoms with Gasteiger partial charge in [0.15, 0.2) is 5.96 Å². The second-order valence-corrected chi connectivity index (χ2v) is 8.39. The van der Waals surface area contributed by atoms with Gasteiger partial charge in [0.1, 0.15) is 0 Å². The molecule has 30 heavy (non-hydrogen) atoms. The van der Waals surface area contributed by atoms with Crippen molar-refractivity contribution in [1.82, 2.24) is 24.7 Å². The van der Waals surface area contributed by atoms with Gasteiger partial charge < -0.3 is 14.8 Å². The van der Waals surface area contributed by atoms with E-state index < -0.39 is 12.7 Å². The summed E-state index contributed by atoms with van der Waals surface area (Å²) in [4.78, 5) is 12.5. The van der Waals surface area contributed by atoms with E-state index in [0.29, 0.717) is 31.0 Å². The minimum absolute atomic E-state index is 0. The van der Waals surface area contributed by atoms with E-state index in [4.69, 9.17) is 0 Å². The first kappa shape index (κ1) is 25.2. The number of hydrogen-bond acceptors (Lipinski definition) is 3. The summed E-state index contributed by atoms with van der Waals surface area (Å²) >= 11 is 0. The van der Waals surface area contributed by atoms with Crippen LogP contribution < -0.4 is 5.32 Å². The maximum Gasteiger partial charge on any atom is 0.401 e. The molecule has 1 aromatic heterocycles. The van der Waals surface area contributed by atoms with Crippen LogP contribution in [-0.2, 0) is 0 Å². The second-order valence-electron chi connectivity index (χ2n) is 8.39. The van der Waals surface area contributed by atoms with Crippen LogP contribution in [0.15, 0.2) is 23.7 Å². The van der Waals surface area contributed by atoms with Gasteiger partial charge in [0.2, 0.25) is 0 Å². The lowest BCUT2D eigenvalue weighted by Crippen LogP contribution is -2.49. The van der Waals surface area contributed by atoms with Gasteiger partial charge in [0.25, 0.3) is 0 Å². The lowest BCUT2D eigenvalue weighted by molar-refractivity contribution is -0.148. The van der Waals surface area contributed by atoms with Crippen LogP contribution in [0.4, 0.5) is 13.2 Å². The molecular weight excluding hydrogens is 508 g/mol. The molecule has 2 atom stereocenters. The molecule has 1 N–H and O–H groups in total. The molecule has 2 aliphatic rings. The number of halogens is 4. The van der Waals surface area contributed by atoms with Crippen LogP contribution in [-0.4, -0.2) is 77.8 Å². The topological polar surface area (TPSA) is 48.7 Å². The van der Waals surface area contributed by atoms with E-state index in [9.17, 15) is 13.2 Å². The molecule has 0 aliphatic carbocycles. The second kappa shape index (κ2) is 11.5. The van der Waals surface area contributed by atoms with Crippen LogP contribution >= 0.6 is 24.0 Å². The van der Waals surface area contributed by atoms with Crippen molar-refractivity contribution in [3.05, 3.63) is 18.7 Å². The van der Waals surface area contributed by atoms with Crippen molar-refractivity contribution in [2.75, 3.05) is 46.3 Å². The number of rotatable bonds is 5. The van der Waals surface area contributed by atoms with Gasteiger partial charge in [0.05, 0.1) is 18.9 Å². The van der Waals surface area contributed by atoms with E-state index in [1.165, 1.54) is 4.90 Å². The molecule has 0 spiro atoms. The molecule has 2 saturated heterocycles. The van der Waals surface area contributed by atoms with Crippen molar-refractivity contribution in [1.29, 1.82) is 0 Å². The zero-order chi connectivity index (χ0) is 20.9. The fourth-order valence-electron chi connectivity index (χ4n) is 4.50. The highest BCUT2D eigenvalue weighted by Gasteiger charge is 2.32. The molecule has 3 heterocycles. The van der Waals surface area contributed by atoms with Crippen LogP contribution in [0.2, 0.25) is 0 Å². The Bertz CT molecular complexity index is 643. The highest BCUT2D eigenvalue weighted by atomic mass is 127. The van der Waals surface area contributed by atoms with Crippen molar-refractivity contribution in [3.8, 4) is 0 Å². The number of aromatic nitrogens is 2. The number of piperidine rings is 2. The molecule has 172 valence electrons. The molecule has 10 heteroatoms. The number of nitrogens with one attached hydrogen (secondary N) is 1. The van der Waals surface area contributed by atoms with Gasteiger partial charge in [-0.1, -0.05) is 6.92 Å². The fourth-order valence-corrected chi connectivity index (χ4v) is 4.50. The van der Waals surface area contributed by atoms with Gasteiger partial charge in [-0.25, -0.2) is 4.98 Å². The average molecular weight is 542 g/mol. The quantitative estimate of drug-likeness (QED) is 0.351. The van der Waals surface area contributed by atoms with E-state index in [2.05, 4.69) is 31.7 Å². The summed E-state index contributed by atoms with van der Waals surface area (Å²) < 4.78 is 39.7. The van der Waals surface area contributed by atoms with E-state index in [-0.39, 0.29) is 24.0 Å². The first-order valence-corrected chi connectivity index (χ1v) is 10.6. The van der Waals surface area contributed by atoms with Gasteiger partial charge in [-0.2, -0.15) is 13.2 Å². The van der Waals surface area contributed by atoms with Crippen LogP contribution in [0.1, 0.15) is 38.6 Å². The summed E-state index contributed by atoms with van der Waals surface area (Å²) in [5, 5.41) is 3.47. The Balaban J connectivity index is 0.00000320. The number of aliphatic imine (C=N–C) groups is 1. The highest BCUT2D eigenvalue weighted by Crippen LogP contribution is 2.27. The minimum atomic E-state index is -4.10. The largest absolute Gasteiger partial charge is 0.401 e.